The van der Waals surface area contributed by atoms with E-state index in [9.17, 15) is 4.79 Å². The van der Waals surface area contributed by atoms with E-state index in [4.69, 9.17) is 9.47 Å². The molecule has 1 aliphatic rings. The number of rotatable bonds is 4. The molecule has 28 heavy (non-hydrogen) atoms. The fraction of sp³-hybridized carbons (Fsp3) is 0.208. The molecule has 4 rings (SSSR count). The van der Waals surface area contributed by atoms with Crippen LogP contribution in [0, 0.1) is 0 Å². The minimum absolute atomic E-state index is 0.167. The third-order valence-corrected chi connectivity index (χ3v) is 5.13. The Morgan fingerprint density at radius 3 is 2.43 bits per heavy atom. The van der Waals surface area contributed by atoms with E-state index in [0.717, 1.165) is 28.9 Å². The molecule has 0 aromatic heterocycles. The molecular formula is C24H23NO3. The molecule has 1 atom stereocenters. The fourth-order valence-corrected chi connectivity index (χ4v) is 3.72. The average molecular weight is 373 g/mol. The van der Waals surface area contributed by atoms with E-state index in [1.807, 2.05) is 59.5 Å². The first kappa shape index (κ1) is 18.1. The van der Waals surface area contributed by atoms with E-state index in [1.165, 1.54) is 5.56 Å². The van der Waals surface area contributed by atoms with Gasteiger partial charge in [0.25, 0.3) is 0 Å². The van der Waals surface area contributed by atoms with Crippen LogP contribution < -0.4 is 4.74 Å². The van der Waals surface area contributed by atoms with Crippen LogP contribution in [0.4, 0.5) is 4.79 Å². The summed E-state index contributed by atoms with van der Waals surface area (Å²) in [6, 6.07) is 25.8. The first-order valence-electron chi connectivity index (χ1n) is 9.45. The molecule has 4 nitrogen and oxygen atoms in total. The Labute approximate surface area is 165 Å². The molecule has 0 N–H and O–H groups in total. The molecule has 4 heteroatoms. The second kappa shape index (κ2) is 8.17. The summed E-state index contributed by atoms with van der Waals surface area (Å²) in [4.78, 5) is 14.8. The summed E-state index contributed by atoms with van der Waals surface area (Å²) in [5.41, 5.74) is 4.38. The topological polar surface area (TPSA) is 38.8 Å². The Kier molecular flexibility index (Phi) is 5.29. The lowest BCUT2D eigenvalue weighted by molar-refractivity contribution is 0.0837. The van der Waals surface area contributed by atoms with Gasteiger partial charge in [-0.3, -0.25) is 4.90 Å². The van der Waals surface area contributed by atoms with Gasteiger partial charge in [0.05, 0.1) is 13.2 Å². The quantitative estimate of drug-likeness (QED) is 0.647. The van der Waals surface area contributed by atoms with Crippen LogP contribution in [-0.4, -0.2) is 24.6 Å². The Morgan fingerprint density at radius 2 is 1.71 bits per heavy atom. The van der Waals surface area contributed by atoms with E-state index in [2.05, 4.69) is 24.3 Å². The van der Waals surface area contributed by atoms with Crippen LogP contribution in [0.2, 0.25) is 0 Å². The third-order valence-electron chi connectivity index (χ3n) is 5.13. The fourth-order valence-electron chi connectivity index (χ4n) is 3.72. The highest BCUT2D eigenvalue weighted by atomic mass is 16.6. The molecule has 3 aromatic carbocycles. The molecule has 0 bridgehead atoms. The van der Waals surface area contributed by atoms with Crippen molar-refractivity contribution in [3.8, 4) is 5.75 Å². The Balaban J connectivity index is 1.63. The average Bonchev–Trinajstić information content (AvgIpc) is 2.77. The van der Waals surface area contributed by atoms with Gasteiger partial charge < -0.3 is 9.47 Å². The number of fused-ring (bicyclic) bond motifs is 1. The van der Waals surface area contributed by atoms with Crippen LogP contribution in [0.25, 0.3) is 0 Å². The summed E-state index contributed by atoms with van der Waals surface area (Å²) < 4.78 is 11.0. The number of methoxy groups -OCH3 is 1. The van der Waals surface area contributed by atoms with Crippen LogP contribution in [0.15, 0.2) is 78.9 Å². The lowest BCUT2D eigenvalue weighted by Crippen LogP contribution is -2.40. The first-order valence-corrected chi connectivity index (χ1v) is 9.45. The zero-order valence-electron chi connectivity index (χ0n) is 15.9. The van der Waals surface area contributed by atoms with Gasteiger partial charge in [-0.15, -0.1) is 0 Å². The number of hydrogen-bond acceptors (Lipinski definition) is 3. The second-order valence-corrected chi connectivity index (χ2v) is 6.86. The molecule has 142 valence electrons. The number of hydrogen-bond donors (Lipinski definition) is 0. The van der Waals surface area contributed by atoms with Crippen molar-refractivity contribution in [3.05, 3.63) is 101 Å². The molecule has 1 aliphatic heterocycles. The summed E-state index contributed by atoms with van der Waals surface area (Å²) in [5.74, 6) is 0.839. The zero-order chi connectivity index (χ0) is 19.3. The van der Waals surface area contributed by atoms with Gasteiger partial charge in [0, 0.05) is 6.54 Å². The van der Waals surface area contributed by atoms with E-state index < -0.39 is 0 Å². The van der Waals surface area contributed by atoms with Gasteiger partial charge in [-0.2, -0.15) is 0 Å². The molecule has 0 saturated heterocycles. The zero-order valence-corrected chi connectivity index (χ0v) is 15.9. The lowest BCUT2D eigenvalue weighted by atomic mass is 9.88. The van der Waals surface area contributed by atoms with Crippen molar-refractivity contribution in [1.29, 1.82) is 0 Å². The minimum atomic E-state index is -0.292. The monoisotopic (exact) mass is 373 g/mol. The van der Waals surface area contributed by atoms with Crippen molar-refractivity contribution in [2.24, 2.45) is 0 Å². The van der Waals surface area contributed by atoms with E-state index in [1.54, 1.807) is 7.11 Å². The van der Waals surface area contributed by atoms with Gasteiger partial charge in [-0.05, 0) is 40.8 Å². The summed E-state index contributed by atoms with van der Waals surface area (Å²) in [5, 5.41) is 0. The second-order valence-electron chi connectivity index (χ2n) is 6.86. The van der Waals surface area contributed by atoms with Gasteiger partial charge in [0.2, 0.25) is 0 Å². The van der Waals surface area contributed by atoms with Crippen molar-refractivity contribution in [2.75, 3.05) is 13.7 Å². The van der Waals surface area contributed by atoms with Crippen LogP contribution >= 0.6 is 0 Å². The predicted molar refractivity (Wildman–Crippen MR) is 108 cm³/mol. The molecule has 1 heterocycles. The van der Waals surface area contributed by atoms with Crippen LogP contribution in [-0.2, 0) is 17.8 Å². The number of ether oxygens (including phenoxy) is 2. The standard InChI is InChI=1S/C24H23NO3/c1-27-21-12-13-22-20(16-21)14-15-25(23(22)19-10-6-3-7-11-19)24(26)28-17-18-8-4-2-5-9-18/h2-13,16,23H,14-15,17H2,1H3. The summed E-state index contributed by atoms with van der Waals surface area (Å²) in [6.45, 7) is 0.876. The molecule has 3 aromatic rings. The highest BCUT2D eigenvalue weighted by Crippen LogP contribution is 2.37. The Bertz CT molecular complexity index is 941. The normalized spacial score (nSPS) is 15.6. The van der Waals surface area contributed by atoms with Crippen LogP contribution in [0.1, 0.15) is 28.3 Å². The Morgan fingerprint density at radius 1 is 1.00 bits per heavy atom. The Hall–Kier alpha value is -3.27. The molecule has 0 spiro atoms. The van der Waals surface area contributed by atoms with Gasteiger partial charge in [0.1, 0.15) is 12.4 Å². The van der Waals surface area contributed by atoms with Gasteiger partial charge in [-0.25, -0.2) is 4.79 Å². The molecule has 0 aliphatic carbocycles. The number of amides is 1. The highest BCUT2D eigenvalue weighted by molar-refractivity contribution is 5.70. The van der Waals surface area contributed by atoms with Crippen molar-refractivity contribution >= 4 is 6.09 Å². The van der Waals surface area contributed by atoms with Crippen molar-refractivity contribution in [3.63, 3.8) is 0 Å². The van der Waals surface area contributed by atoms with Gasteiger partial charge in [0.15, 0.2) is 0 Å². The maximum Gasteiger partial charge on any atom is 0.410 e. The molecule has 1 amide bonds. The number of benzene rings is 3. The molecule has 0 fully saturated rings. The van der Waals surface area contributed by atoms with E-state index in [-0.39, 0.29) is 18.7 Å². The summed E-state index contributed by atoms with van der Waals surface area (Å²) in [7, 11) is 1.67. The maximum atomic E-state index is 13.0. The molecule has 1 unspecified atom stereocenters. The molecular weight excluding hydrogens is 350 g/mol. The number of carbonyl (C=O) groups is 1. The van der Waals surface area contributed by atoms with Crippen molar-refractivity contribution in [2.45, 2.75) is 19.1 Å². The minimum Gasteiger partial charge on any atom is -0.497 e. The van der Waals surface area contributed by atoms with Gasteiger partial charge in [-0.1, -0.05) is 66.7 Å². The van der Waals surface area contributed by atoms with Crippen molar-refractivity contribution in [1.82, 2.24) is 4.90 Å². The molecule has 0 radical (unpaired) electrons. The summed E-state index contributed by atoms with van der Waals surface area (Å²) in [6.07, 6.45) is 0.482. The SMILES string of the molecule is COc1ccc2c(c1)CCN(C(=O)OCc1ccccc1)C2c1ccccc1. The number of nitrogens with zero attached hydrogens (tertiary/aromatic N) is 1. The van der Waals surface area contributed by atoms with E-state index in [0.29, 0.717) is 6.54 Å². The van der Waals surface area contributed by atoms with Crippen LogP contribution in [0.3, 0.4) is 0 Å². The third kappa shape index (κ3) is 3.72. The highest BCUT2D eigenvalue weighted by Gasteiger charge is 2.33. The van der Waals surface area contributed by atoms with Gasteiger partial charge >= 0.3 is 6.09 Å². The predicted octanol–water partition coefficient (Wildman–Crippen LogP) is 4.98. The van der Waals surface area contributed by atoms with E-state index >= 15 is 0 Å². The summed E-state index contributed by atoms with van der Waals surface area (Å²) >= 11 is 0. The molecule has 0 saturated carbocycles. The number of carbonyl (C=O) groups excluding carboxylic acids is 1. The largest absolute Gasteiger partial charge is 0.497 e. The van der Waals surface area contributed by atoms with Crippen LogP contribution in [0.5, 0.6) is 5.75 Å². The van der Waals surface area contributed by atoms with Crippen molar-refractivity contribution < 1.29 is 14.3 Å². The first-order chi connectivity index (χ1) is 13.8. The maximum absolute atomic E-state index is 13.0. The lowest BCUT2D eigenvalue weighted by Gasteiger charge is -2.37. The smallest absolute Gasteiger partial charge is 0.410 e.